The summed E-state index contributed by atoms with van der Waals surface area (Å²) in [6.45, 7) is 7.65. The van der Waals surface area contributed by atoms with E-state index in [1.165, 1.54) is 0 Å². The Labute approximate surface area is 187 Å². The number of anilines is 1. The lowest BCUT2D eigenvalue weighted by Gasteiger charge is -2.36. The molecule has 0 unspecified atom stereocenters. The van der Waals surface area contributed by atoms with Gasteiger partial charge in [-0.25, -0.2) is 9.67 Å². The minimum atomic E-state index is -0.558. The highest BCUT2D eigenvalue weighted by Crippen LogP contribution is 2.24. The first-order valence-electron chi connectivity index (χ1n) is 10.7. The van der Waals surface area contributed by atoms with Crippen LogP contribution in [0.3, 0.4) is 0 Å². The van der Waals surface area contributed by atoms with Crippen LogP contribution in [0, 0.1) is 6.92 Å². The highest BCUT2D eigenvalue weighted by molar-refractivity contribution is 5.90. The van der Waals surface area contributed by atoms with Crippen LogP contribution in [0.15, 0.2) is 36.8 Å². The van der Waals surface area contributed by atoms with Gasteiger partial charge in [-0.1, -0.05) is 5.21 Å². The van der Waals surface area contributed by atoms with Gasteiger partial charge in [0.25, 0.3) is 5.91 Å². The first-order valence-corrected chi connectivity index (χ1v) is 10.7. The van der Waals surface area contributed by atoms with Crippen molar-refractivity contribution in [3.8, 4) is 16.9 Å². The Morgan fingerprint density at radius 2 is 2.00 bits per heavy atom. The Kier molecular flexibility index (Phi) is 6.72. The molecule has 0 spiro atoms. The van der Waals surface area contributed by atoms with Crippen molar-refractivity contribution in [2.24, 2.45) is 5.73 Å². The van der Waals surface area contributed by atoms with E-state index in [-0.39, 0.29) is 5.69 Å². The minimum absolute atomic E-state index is 0.224. The number of aryl methyl sites for hydroxylation is 1. The Hall–Kier alpha value is -3.37. The van der Waals surface area contributed by atoms with Gasteiger partial charge in [-0.2, -0.15) is 0 Å². The van der Waals surface area contributed by atoms with E-state index in [0.29, 0.717) is 5.69 Å². The van der Waals surface area contributed by atoms with Gasteiger partial charge in [-0.3, -0.25) is 14.7 Å². The molecule has 1 amide bonds. The number of hydrogen-bond acceptors (Lipinski definition) is 8. The molecule has 1 aliphatic rings. The number of primary amides is 1. The number of amides is 1. The quantitative estimate of drug-likeness (QED) is 0.525. The van der Waals surface area contributed by atoms with E-state index in [0.717, 1.165) is 68.4 Å². The molecule has 4 heterocycles. The zero-order valence-corrected chi connectivity index (χ0v) is 18.4. The molecule has 4 rings (SSSR count). The lowest BCUT2D eigenvalue weighted by Crippen LogP contribution is -2.46. The van der Waals surface area contributed by atoms with Gasteiger partial charge in [-0.15, -0.1) is 5.10 Å². The molecular weight excluding hydrogens is 408 g/mol. The summed E-state index contributed by atoms with van der Waals surface area (Å²) in [5.74, 6) is -0.558. The third-order valence-corrected chi connectivity index (χ3v) is 5.63. The van der Waals surface area contributed by atoms with E-state index in [1.54, 1.807) is 37.0 Å². The first-order chi connectivity index (χ1) is 15.5. The van der Waals surface area contributed by atoms with Crippen LogP contribution >= 0.6 is 0 Å². The van der Waals surface area contributed by atoms with E-state index >= 15 is 0 Å². The number of carbonyl (C=O) groups is 1. The molecule has 3 aromatic heterocycles. The second-order valence-corrected chi connectivity index (χ2v) is 7.82. The fraction of sp³-hybridized carbons (Fsp3) is 0.409. The van der Waals surface area contributed by atoms with Gasteiger partial charge in [-0.05, 0) is 31.5 Å². The zero-order valence-electron chi connectivity index (χ0n) is 18.4. The van der Waals surface area contributed by atoms with E-state index in [1.807, 2.05) is 12.4 Å². The first kappa shape index (κ1) is 21.8. The number of pyridine rings is 2. The number of ether oxygens (including phenoxy) is 1. The Balaban J connectivity index is 1.46. The molecule has 1 aliphatic heterocycles. The molecular formula is C22H28N8O2. The van der Waals surface area contributed by atoms with Gasteiger partial charge < -0.3 is 15.4 Å². The molecule has 10 heteroatoms. The van der Waals surface area contributed by atoms with E-state index in [4.69, 9.17) is 10.5 Å². The van der Waals surface area contributed by atoms with Crippen LogP contribution in [0.4, 0.5) is 5.69 Å². The van der Waals surface area contributed by atoms with Gasteiger partial charge in [0.2, 0.25) is 0 Å². The largest absolute Gasteiger partial charge is 0.385 e. The molecule has 3 aromatic rings. The van der Waals surface area contributed by atoms with Gasteiger partial charge >= 0.3 is 0 Å². The summed E-state index contributed by atoms with van der Waals surface area (Å²) < 4.78 is 6.80. The number of piperazine rings is 1. The summed E-state index contributed by atoms with van der Waals surface area (Å²) in [7, 11) is 1.74. The van der Waals surface area contributed by atoms with Crippen molar-refractivity contribution in [3.05, 3.63) is 48.2 Å². The van der Waals surface area contributed by atoms with Gasteiger partial charge in [0.1, 0.15) is 11.4 Å². The molecule has 1 fully saturated rings. The van der Waals surface area contributed by atoms with Crippen molar-refractivity contribution in [1.29, 1.82) is 0 Å². The fourth-order valence-corrected chi connectivity index (χ4v) is 3.85. The summed E-state index contributed by atoms with van der Waals surface area (Å²) in [6, 6.07) is 5.45. The summed E-state index contributed by atoms with van der Waals surface area (Å²) in [5, 5.41) is 8.55. The molecule has 0 bridgehead atoms. The number of nitrogens with zero attached hydrogens (tertiary/aromatic N) is 7. The molecule has 0 atom stereocenters. The van der Waals surface area contributed by atoms with Gasteiger partial charge in [0, 0.05) is 58.2 Å². The maximum Gasteiger partial charge on any atom is 0.267 e. The highest BCUT2D eigenvalue weighted by Gasteiger charge is 2.18. The topological polar surface area (TPSA) is 115 Å². The predicted octanol–water partition coefficient (Wildman–Crippen LogP) is 1.29. The molecule has 10 nitrogen and oxygen atoms in total. The lowest BCUT2D eigenvalue weighted by atomic mass is 10.2. The van der Waals surface area contributed by atoms with E-state index in [9.17, 15) is 4.79 Å². The lowest BCUT2D eigenvalue weighted by molar-refractivity contribution is 0.0995. The number of carbonyl (C=O) groups excluding carboxylic acids is 1. The molecule has 0 radical (unpaired) electrons. The summed E-state index contributed by atoms with van der Waals surface area (Å²) in [4.78, 5) is 24.8. The van der Waals surface area contributed by atoms with Crippen molar-refractivity contribution in [1.82, 2.24) is 29.9 Å². The number of nitrogens with two attached hydrogens (primary N) is 1. The predicted molar refractivity (Wildman–Crippen MR) is 121 cm³/mol. The maximum atomic E-state index is 11.3. The van der Waals surface area contributed by atoms with Crippen LogP contribution in [0.1, 0.15) is 22.6 Å². The van der Waals surface area contributed by atoms with E-state index < -0.39 is 5.91 Å². The van der Waals surface area contributed by atoms with Crippen molar-refractivity contribution in [3.63, 3.8) is 0 Å². The SMILES string of the molecule is COCCCN1CCN(c2cncc(-c3cn(-c4ccc(C(N)=O)nc4C)nn3)c2)CC1. The number of hydrogen-bond donors (Lipinski definition) is 1. The van der Waals surface area contributed by atoms with Crippen LogP contribution in [0.5, 0.6) is 0 Å². The molecule has 0 saturated carbocycles. The Morgan fingerprint density at radius 1 is 1.19 bits per heavy atom. The smallest absolute Gasteiger partial charge is 0.267 e. The van der Waals surface area contributed by atoms with Crippen molar-refractivity contribution in [2.75, 3.05) is 51.3 Å². The third-order valence-electron chi connectivity index (χ3n) is 5.63. The van der Waals surface area contributed by atoms with Crippen LogP contribution in [-0.4, -0.2) is 82.2 Å². The molecule has 32 heavy (non-hydrogen) atoms. The summed E-state index contributed by atoms with van der Waals surface area (Å²) >= 11 is 0. The monoisotopic (exact) mass is 436 g/mol. The van der Waals surface area contributed by atoms with Crippen LogP contribution in [0.25, 0.3) is 16.9 Å². The average molecular weight is 437 g/mol. The average Bonchev–Trinajstić information content (AvgIpc) is 3.30. The maximum absolute atomic E-state index is 11.3. The van der Waals surface area contributed by atoms with Crippen LogP contribution < -0.4 is 10.6 Å². The second kappa shape index (κ2) is 9.84. The molecule has 168 valence electrons. The van der Waals surface area contributed by atoms with Crippen molar-refractivity contribution in [2.45, 2.75) is 13.3 Å². The zero-order chi connectivity index (χ0) is 22.5. The number of methoxy groups -OCH3 is 1. The molecule has 1 saturated heterocycles. The van der Waals surface area contributed by atoms with Crippen LogP contribution in [-0.2, 0) is 4.74 Å². The summed E-state index contributed by atoms with van der Waals surface area (Å²) in [6.07, 6.45) is 6.58. The van der Waals surface area contributed by atoms with Crippen LogP contribution in [0.2, 0.25) is 0 Å². The second-order valence-electron chi connectivity index (χ2n) is 7.82. The number of aromatic nitrogens is 5. The molecule has 0 aliphatic carbocycles. The van der Waals surface area contributed by atoms with Crippen molar-refractivity contribution < 1.29 is 9.53 Å². The standard InChI is InChI=1S/C22H28N8O2/c1-16-21(5-4-19(25-16)22(23)31)30-15-20(26-27-30)17-12-18(14-24-13-17)29-9-7-28(8-10-29)6-3-11-32-2/h4-5,12-15H,3,6-11H2,1-2H3,(H2,23,31). The molecule has 2 N–H and O–H groups in total. The Bertz CT molecular complexity index is 1080. The summed E-state index contributed by atoms with van der Waals surface area (Å²) in [5.41, 5.74) is 9.61. The normalized spacial score (nSPS) is 14.6. The van der Waals surface area contributed by atoms with Crippen molar-refractivity contribution >= 4 is 11.6 Å². The number of rotatable bonds is 8. The molecule has 0 aromatic carbocycles. The van der Waals surface area contributed by atoms with Gasteiger partial charge in [0.15, 0.2) is 0 Å². The minimum Gasteiger partial charge on any atom is -0.385 e. The Morgan fingerprint density at radius 3 is 2.72 bits per heavy atom. The van der Waals surface area contributed by atoms with Gasteiger partial charge in [0.05, 0.1) is 29.5 Å². The van der Waals surface area contributed by atoms with E-state index in [2.05, 4.69) is 36.1 Å². The third kappa shape index (κ3) is 4.92. The fourth-order valence-electron chi connectivity index (χ4n) is 3.85. The highest BCUT2D eigenvalue weighted by atomic mass is 16.5.